The summed E-state index contributed by atoms with van der Waals surface area (Å²) in [5.41, 5.74) is 4.02. The van der Waals surface area contributed by atoms with Gasteiger partial charge in [0.15, 0.2) is 0 Å². The summed E-state index contributed by atoms with van der Waals surface area (Å²) >= 11 is 6.51. The second kappa shape index (κ2) is 10.0. The number of anilines is 1. The number of hydrogen-bond donors (Lipinski definition) is 1. The van der Waals surface area contributed by atoms with Gasteiger partial charge in [-0.1, -0.05) is 29.8 Å². The first-order valence-electron chi connectivity index (χ1n) is 15.3. The predicted molar refractivity (Wildman–Crippen MR) is 156 cm³/mol. The minimum absolute atomic E-state index is 0.157. The first kappa shape index (κ1) is 26.1. The average molecular weight is 580 g/mol. The van der Waals surface area contributed by atoms with Gasteiger partial charge in [-0.2, -0.15) is 9.97 Å². The monoisotopic (exact) mass is 579 g/mol. The van der Waals surface area contributed by atoms with Crippen LogP contribution in [0.1, 0.15) is 67.8 Å². The Labute approximate surface area is 244 Å². The van der Waals surface area contributed by atoms with Crippen LogP contribution < -0.4 is 15.0 Å². The van der Waals surface area contributed by atoms with Gasteiger partial charge in [0.05, 0.1) is 28.5 Å². The van der Waals surface area contributed by atoms with E-state index in [2.05, 4.69) is 15.1 Å². The molecule has 0 radical (unpaired) electrons. The quantitative estimate of drug-likeness (QED) is 0.404. The Bertz CT molecular complexity index is 1490. The van der Waals surface area contributed by atoms with E-state index in [0.717, 1.165) is 73.0 Å². The van der Waals surface area contributed by atoms with Gasteiger partial charge >= 0.3 is 6.01 Å². The zero-order chi connectivity index (χ0) is 27.7. The highest BCUT2D eigenvalue weighted by Crippen LogP contribution is 2.43. The second-order valence-corrected chi connectivity index (χ2v) is 13.3. The molecule has 3 aromatic rings. The fourth-order valence-electron chi connectivity index (χ4n) is 8.53. The van der Waals surface area contributed by atoms with Gasteiger partial charge in [0.25, 0.3) is 0 Å². The average Bonchev–Trinajstić information content (AvgIpc) is 3.63. The van der Waals surface area contributed by atoms with E-state index < -0.39 is 12.0 Å². The Kier molecular flexibility index (Phi) is 6.38. The van der Waals surface area contributed by atoms with Gasteiger partial charge in [-0.25, -0.2) is 8.78 Å². The lowest BCUT2D eigenvalue weighted by molar-refractivity contribution is 0.106. The summed E-state index contributed by atoms with van der Waals surface area (Å²) in [7, 11) is 0. The fourth-order valence-corrected chi connectivity index (χ4v) is 8.80. The van der Waals surface area contributed by atoms with E-state index in [1.54, 1.807) is 6.07 Å². The van der Waals surface area contributed by atoms with Crippen molar-refractivity contribution < 1.29 is 13.5 Å². The molecule has 0 spiro atoms. The van der Waals surface area contributed by atoms with E-state index in [9.17, 15) is 8.78 Å². The predicted octanol–water partition coefficient (Wildman–Crippen LogP) is 5.94. The Morgan fingerprint density at radius 2 is 1.95 bits per heavy atom. The van der Waals surface area contributed by atoms with Crippen LogP contribution in [0.15, 0.2) is 30.3 Å². The second-order valence-electron chi connectivity index (χ2n) is 12.9. The molecule has 4 atom stereocenters. The third kappa shape index (κ3) is 4.48. The van der Waals surface area contributed by atoms with Crippen molar-refractivity contribution in [1.82, 2.24) is 20.2 Å². The Morgan fingerprint density at radius 1 is 1.10 bits per heavy atom. The number of ether oxygens (including phenoxy) is 1. The maximum absolute atomic E-state index is 14.5. The first-order chi connectivity index (χ1) is 20.0. The lowest BCUT2D eigenvalue weighted by Gasteiger charge is -2.35. The smallest absolute Gasteiger partial charge is 0.316 e. The molecule has 1 aromatic heterocycles. The standard InChI is InChI=1S/C32H36ClF2N5O/c33-29-25(35)8-5-19-3-1-4-27(28(19)29)39-12-9-24-26(17-39)37-31(38-30(24)20-13-22-6-7-23(14-20)36-22)41-18-32-10-2-11-40(32)16-21(34)15-32/h1,3-5,8,20-23,36H,2,6-7,9-18H2/t20?,21-,22?,23?,32+/m1/s1. The summed E-state index contributed by atoms with van der Waals surface area (Å²) in [5.74, 6) is -0.0315. The maximum Gasteiger partial charge on any atom is 0.316 e. The van der Waals surface area contributed by atoms with Gasteiger partial charge in [-0.3, -0.25) is 4.90 Å². The SMILES string of the molecule is Fc1ccc2cccc(N3CCc4c(nc(OC[C@@]56CCCN5C[C@H](F)C6)nc4C4CC5CCC(C4)N5)C3)c2c1Cl. The molecule has 9 heteroatoms. The summed E-state index contributed by atoms with van der Waals surface area (Å²) in [6, 6.07) is 10.7. The van der Waals surface area contributed by atoms with Crippen molar-refractivity contribution in [1.29, 1.82) is 0 Å². The molecule has 5 aliphatic rings. The van der Waals surface area contributed by atoms with Crippen LogP contribution >= 0.6 is 11.6 Å². The number of fused-ring (bicyclic) bond motifs is 5. The lowest BCUT2D eigenvalue weighted by atomic mass is 9.85. The molecule has 2 bridgehead atoms. The summed E-state index contributed by atoms with van der Waals surface area (Å²) < 4.78 is 35.4. The third-order valence-corrected chi connectivity index (χ3v) is 10.8. The van der Waals surface area contributed by atoms with E-state index in [1.165, 1.54) is 24.5 Å². The summed E-state index contributed by atoms with van der Waals surface area (Å²) in [4.78, 5) is 14.6. The minimum Gasteiger partial charge on any atom is -0.461 e. The molecule has 6 nitrogen and oxygen atoms in total. The number of nitrogens with one attached hydrogen (secondary N) is 1. The van der Waals surface area contributed by atoms with E-state index >= 15 is 0 Å². The Balaban J connectivity index is 1.15. The van der Waals surface area contributed by atoms with Crippen molar-refractivity contribution in [2.75, 3.05) is 31.1 Å². The van der Waals surface area contributed by atoms with Crippen LogP contribution in [0, 0.1) is 5.82 Å². The zero-order valence-corrected chi connectivity index (χ0v) is 24.0. The van der Waals surface area contributed by atoms with Crippen LogP contribution in [0.2, 0.25) is 5.02 Å². The topological polar surface area (TPSA) is 53.5 Å². The van der Waals surface area contributed by atoms with Crippen molar-refractivity contribution in [3.05, 3.63) is 58.1 Å². The number of halogens is 3. The number of rotatable bonds is 5. The van der Waals surface area contributed by atoms with Gasteiger partial charge in [0.2, 0.25) is 0 Å². The van der Waals surface area contributed by atoms with Crippen molar-refractivity contribution >= 4 is 28.1 Å². The van der Waals surface area contributed by atoms with Gasteiger partial charge in [-0.15, -0.1) is 0 Å². The van der Waals surface area contributed by atoms with Crippen LogP contribution in [0.5, 0.6) is 6.01 Å². The molecule has 8 rings (SSSR count). The van der Waals surface area contributed by atoms with Crippen LogP contribution in [0.3, 0.4) is 0 Å². The van der Waals surface area contributed by atoms with Crippen molar-refractivity contribution in [2.24, 2.45) is 0 Å². The van der Waals surface area contributed by atoms with Crippen molar-refractivity contribution in [3.8, 4) is 6.01 Å². The van der Waals surface area contributed by atoms with Gasteiger partial charge in [0.1, 0.15) is 18.6 Å². The molecule has 6 heterocycles. The number of piperidine rings is 1. The third-order valence-electron chi connectivity index (χ3n) is 10.4. The van der Waals surface area contributed by atoms with Gasteiger partial charge in [-0.05, 0) is 74.6 Å². The van der Waals surface area contributed by atoms with E-state index in [4.69, 9.17) is 26.3 Å². The van der Waals surface area contributed by atoms with Gasteiger partial charge < -0.3 is 15.0 Å². The number of hydrogen-bond acceptors (Lipinski definition) is 6. The Morgan fingerprint density at radius 3 is 2.80 bits per heavy atom. The van der Waals surface area contributed by atoms with Crippen LogP contribution in [-0.4, -0.2) is 64.9 Å². The number of nitrogens with zero attached hydrogens (tertiary/aromatic N) is 4. The van der Waals surface area contributed by atoms with E-state index in [0.29, 0.717) is 50.1 Å². The van der Waals surface area contributed by atoms with Crippen LogP contribution in [0.4, 0.5) is 14.5 Å². The number of alkyl halides is 1. The van der Waals surface area contributed by atoms with Crippen LogP contribution in [-0.2, 0) is 13.0 Å². The summed E-state index contributed by atoms with van der Waals surface area (Å²) in [5, 5.41) is 5.57. The zero-order valence-electron chi connectivity index (χ0n) is 23.2. The number of benzene rings is 2. The molecule has 0 amide bonds. The maximum atomic E-state index is 14.5. The molecule has 1 N–H and O–H groups in total. The van der Waals surface area contributed by atoms with Crippen LogP contribution in [0.25, 0.3) is 10.8 Å². The molecule has 5 aliphatic heterocycles. The molecule has 4 fully saturated rings. The number of aromatic nitrogens is 2. The lowest BCUT2D eigenvalue weighted by Crippen LogP contribution is -2.43. The largest absolute Gasteiger partial charge is 0.461 e. The van der Waals surface area contributed by atoms with Crippen molar-refractivity contribution in [3.63, 3.8) is 0 Å². The first-order valence-corrected chi connectivity index (χ1v) is 15.6. The molecule has 2 unspecified atom stereocenters. The molecule has 41 heavy (non-hydrogen) atoms. The highest BCUT2D eigenvalue weighted by atomic mass is 35.5. The molecule has 4 saturated heterocycles. The Hall–Kier alpha value is -2.55. The molecule has 216 valence electrons. The molecule has 2 aromatic carbocycles. The molecule has 0 aliphatic carbocycles. The molecule has 0 saturated carbocycles. The minimum atomic E-state index is -0.796. The highest BCUT2D eigenvalue weighted by Gasteiger charge is 2.49. The highest BCUT2D eigenvalue weighted by molar-refractivity contribution is 6.36. The van der Waals surface area contributed by atoms with E-state index in [-0.39, 0.29) is 10.6 Å². The summed E-state index contributed by atoms with van der Waals surface area (Å²) in [6.07, 6.45) is 7.20. The normalized spacial score (nSPS) is 31.0. The molecular formula is C32H36ClF2N5O. The van der Waals surface area contributed by atoms with Gasteiger partial charge in [0, 0.05) is 48.6 Å². The summed E-state index contributed by atoms with van der Waals surface area (Å²) in [6.45, 7) is 3.21. The van der Waals surface area contributed by atoms with Crippen molar-refractivity contribution in [2.45, 2.75) is 87.6 Å². The van der Waals surface area contributed by atoms with E-state index in [1.807, 2.05) is 18.2 Å². The molecular weight excluding hydrogens is 544 g/mol. The fraction of sp³-hybridized carbons (Fsp3) is 0.562.